The van der Waals surface area contributed by atoms with Crippen molar-refractivity contribution in [3.8, 4) is 0 Å². The van der Waals surface area contributed by atoms with Gasteiger partial charge in [-0.05, 0) is 44.6 Å². The molecule has 0 rings (SSSR count). The summed E-state index contributed by atoms with van der Waals surface area (Å²) in [5.74, 6) is -2.33. The van der Waals surface area contributed by atoms with E-state index in [-0.39, 0.29) is 18.6 Å². The summed E-state index contributed by atoms with van der Waals surface area (Å²) < 4.78 is 32.7. The van der Waals surface area contributed by atoms with Gasteiger partial charge in [0.2, 0.25) is 0 Å². The minimum atomic E-state index is -4.74. The van der Waals surface area contributed by atoms with Gasteiger partial charge in [-0.25, -0.2) is 4.57 Å². The van der Waals surface area contributed by atoms with Crippen LogP contribution in [0.4, 0.5) is 0 Å². The van der Waals surface area contributed by atoms with Crippen LogP contribution in [0.15, 0.2) is 48.6 Å². The van der Waals surface area contributed by atoms with Crippen LogP contribution in [0.3, 0.4) is 0 Å². The van der Waals surface area contributed by atoms with Crippen molar-refractivity contribution in [3.63, 3.8) is 0 Å². The Morgan fingerprint density at radius 1 is 0.557 bits per heavy atom. The van der Waals surface area contributed by atoms with E-state index >= 15 is 0 Å². The highest BCUT2D eigenvalue weighted by Gasteiger charge is 2.28. The van der Waals surface area contributed by atoms with Crippen molar-refractivity contribution >= 4 is 31.5 Å². The van der Waals surface area contributed by atoms with Crippen molar-refractivity contribution < 1.29 is 52.3 Å². The molecule has 0 aromatic heterocycles. The third-order valence-corrected chi connectivity index (χ3v) is 11.0. The number of carboxylic acids is 1. The average molecular weight is 882 g/mol. The second kappa shape index (κ2) is 42.4. The Hall–Kier alpha value is -2.89. The third-order valence-electron chi connectivity index (χ3n) is 10.1. The lowest BCUT2D eigenvalue weighted by Crippen LogP contribution is -2.34. The lowest BCUT2D eigenvalue weighted by molar-refractivity contribution is -0.161. The van der Waals surface area contributed by atoms with E-state index in [4.69, 9.17) is 24.8 Å². The molecule has 1 unspecified atom stereocenters. The smallest absolute Gasteiger partial charge is 0.472 e. The first-order valence-electron chi connectivity index (χ1n) is 23.6. The van der Waals surface area contributed by atoms with Crippen LogP contribution in [-0.4, -0.2) is 65.7 Å². The van der Waals surface area contributed by atoms with Gasteiger partial charge in [0.25, 0.3) is 0 Å². The molecule has 0 saturated heterocycles. The molecular weight excluding hydrogens is 797 g/mol. The van der Waals surface area contributed by atoms with Crippen LogP contribution in [0.1, 0.15) is 200 Å². The number of nitrogens with two attached hydrogens (primary N) is 1. The number of ketones is 1. The summed E-state index contributed by atoms with van der Waals surface area (Å²) >= 11 is 0. The summed E-state index contributed by atoms with van der Waals surface area (Å²) in [6, 6.07) is -1.54. The van der Waals surface area contributed by atoms with Crippen molar-refractivity contribution in [1.82, 2.24) is 0 Å². The number of phosphoric acid groups is 1. The molecular formula is C48H84NO11P. The molecule has 0 aromatic carbocycles. The van der Waals surface area contributed by atoms with E-state index in [9.17, 15) is 28.6 Å². The summed E-state index contributed by atoms with van der Waals surface area (Å²) in [5, 5.41) is 8.90. The maximum Gasteiger partial charge on any atom is 0.472 e. The third kappa shape index (κ3) is 42.2. The molecule has 0 amide bonds. The van der Waals surface area contributed by atoms with Gasteiger partial charge in [0.05, 0.1) is 13.2 Å². The fraction of sp³-hybridized carbons (Fsp3) is 0.750. The molecule has 3 atom stereocenters. The zero-order valence-corrected chi connectivity index (χ0v) is 38.9. The van der Waals surface area contributed by atoms with E-state index in [0.29, 0.717) is 25.7 Å². The average Bonchev–Trinajstić information content (AvgIpc) is 3.23. The maximum absolute atomic E-state index is 12.7. The van der Waals surface area contributed by atoms with Crippen molar-refractivity contribution in [1.29, 1.82) is 0 Å². The molecule has 0 aromatic rings. The van der Waals surface area contributed by atoms with Gasteiger partial charge in [-0.3, -0.25) is 28.2 Å². The summed E-state index contributed by atoms with van der Waals surface area (Å²) in [4.78, 5) is 57.8. The molecule has 0 bridgehead atoms. The van der Waals surface area contributed by atoms with E-state index in [1.165, 1.54) is 96.3 Å². The number of hydrogen-bond acceptors (Lipinski definition) is 10. The number of phosphoric ester groups is 1. The van der Waals surface area contributed by atoms with Crippen molar-refractivity contribution in [2.45, 2.75) is 212 Å². The van der Waals surface area contributed by atoms with Gasteiger partial charge in [-0.2, -0.15) is 0 Å². The Bertz CT molecular complexity index is 1280. The highest BCUT2D eigenvalue weighted by molar-refractivity contribution is 7.47. The van der Waals surface area contributed by atoms with E-state index in [2.05, 4.69) is 18.4 Å². The lowest BCUT2D eigenvalue weighted by atomic mass is 10.0. The largest absolute Gasteiger partial charge is 0.480 e. The number of carbonyl (C=O) groups excluding carboxylic acids is 3. The molecule has 0 fully saturated rings. The predicted molar refractivity (Wildman–Crippen MR) is 245 cm³/mol. The second-order valence-corrected chi connectivity index (χ2v) is 17.4. The summed E-state index contributed by atoms with van der Waals surface area (Å²) in [6.45, 7) is 2.60. The van der Waals surface area contributed by atoms with E-state index in [0.717, 1.165) is 51.4 Å². The van der Waals surface area contributed by atoms with Crippen LogP contribution in [0, 0.1) is 0 Å². The van der Waals surface area contributed by atoms with E-state index in [1.807, 2.05) is 36.5 Å². The van der Waals surface area contributed by atoms with E-state index in [1.54, 1.807) is 12.2 Å². The normalized spacial score (nSPS) is 14.0. The van der Waals surface area contributed by atoms with Crippen LogP contribution in [-0.2, 0) is 42.3 Å². The monoisotopic (exact) mass is 882 g/mol. The quantitative estimate of drug-likeness (QED) is 0.0131. The Balaban J connectivity index is 4.41. The summed E-state index contributed by atoms with van der Waals surface area (Å²) in [6.07, 6.45) is 44.5. The van der Waals surface area contributed by atoms with Gasteiger partial charge in [-0.15, -0.1) is 0 Å². The molecule has 352 valence electrons. The van der Waals surface area contributed by atoms with Crippen molar-refractivity contribution in [3.05, 3.63) is 48.6 Å². The van der Waals surface area contributed by atoms with Crippen LogP contribution in [0.5, 0.6) is 0 Å². The number of unbranched alkanes of at least 4 members (excludes halogenated alkanes) is 21. The lowest BCUT2D eigenvalue weighted by Gasteiger charge is -2.20. The summed E-state index contributed by atoms with van der Waals surface area (Å²) in [5.41, 5.74) is 5.33. The predicted octanol–water partition coefficient (Wildman–Crippen LogP) is 12.1. The van der Waals surface area contributed by atoms with Gasteiger partial charge < -0.3 is 25.2 Å². The Morgan fingerprint density at radius 3 is 1.57 bits per heavy atom. The zero-order chi connectivity index (χ0) is 45.1. The highest BCUT2D eigenvalue weighted by Crippen LogP contribution is 2.43. The SMILES string of the molecule is CCCCCCCCCCCCCCCCCCCCCC(=O)O[C@H](COC(=O)CCC/C=C\C/C=C\C/C=C\C=C\C(=O)CCCCC)COP(=O)(O)OC[C@H](N)C(=O)O. The van der Waals surface area contributed by atoms with Gasteiger partial charge in [0.1, 0.15) is 12.6 Å². The number of rotatable bonds is 44. The number of carbonyl (C=O) groups is 4. The molecule has 61 heavy (non-hydrogen) atoms. The number of carboxylic acid groups (broad SMARTS) is 1. The molecule has 12 nitrogen and oxygen atoms in total. The first-order valence-corrected chi connectivity index (χ1v) is 25.1. The minimum absolute atomic E-state index is 0.120. The maximum atomic E-state index is 12.7. The summed E-state index contributed by atoms with van der Waals surface area (Å²) in [7, 11) is -4.74. The highest BCUT2D eigenvalue weighted by atomic mass is 31.2. The van der Waals surface area contributed by atoms with E-state index < -0.39 is 57.7 Å². The molecule has 0 heterocycles. The Morgan fingerprint density at radius 2 is 1.02 bits per heavy atom. The van der Waals surface area contributed by atoms with Crippen molar-refractivity contribution in [2.24, 2.45) is 5.73 Å². The fourth-order valence-electron chi connectivity index (χ4n) is 6.31. The molecule has 0 aliphatic carbocycles. The number of hydrogen-bond donors (Lipinski definition) is 3. The topological polar surface area (TPSA) is 189 Å². The number of allylic oxidation sites excluding steroid dienone is 8. The minimum Gasteiger partial charge on any atom is -0.480 e. The van der Waals surface area contributed by atoms with Gasteiger partial charge >= 0.3 is 25.7 Å². The number of ether oxygens (including phenoxy) is 2. The molecule has 0 saturated carbocycles. The van der Waals surface area contributed by atoms with Crippen LogP contribution < -0.4 is 5.73 Å². The molecule has 4 N–H and O–H groups in total. The first-order chi connectivity index (χ1) is 29.5. The van der Waals surface area contributed by atoms with Crippen LogP contribution in [0.2, 0.25) is 0 Å². The Labute approximate surface area is 369 Å². The first kappa shape index (κ1) is 58.1. The second-order valence-electron chi connectivity index (χ2n) is 15.9. The van der Waals surface area contributed by atoms with Gasteiger partial charge in [-0.1, -0.05) is 185 Å². The molecule has 0 spiro atoms. The number of esters is 2. The van der Waals surface area contributed by atoms with Crippen LogP contribution in [0.25, 0.3) is 0 Å². The van der Waals surface area contributed by atoms with Gasteiger partial charge in [0.15, 0.2) is 11.9 Å². The zero-order valence-electron chi connectivity index (χ0n) is 38.0. The number of aliphatic carboxylic acids is 1. The Kier molecular flexibility index (Phi) is 40.4. The molecule has 0 aliphatic rings. The molecule has 0 radical (unpaired) electrons. The fourth-order valence-corrected chi connectivity index (χ4v) is 7.09. The molecule has 13 heteroatoms. The standard InChI is InChI=1S/C48H84NO11P/c1-3-5-7-8-9-10-11-12-13-14-15-16-17-18-21-25-28-31-35-39-47(52)60-44(41-58-61(55,56)59-42-45(49)48(53)54)40-57-46(51)38-34-30-27-24-22-19-20-23-26-29-33-37-43(50)36-32-6-4-2/h19-20,24,26-27,29,33,37,44-45H,3-18,21-23,25,28,30-32,34-36,38-42,49H2,1-2H3,(H,53,54)(H,55,56)/b20-19-,27-24-,29-26-,37-33+/t44-,45+/m1/s1. The molecule has 0 aliphatic heterocycles. The van der Waals surface area contributed by atoms with Crippen LogP contribution >= 0.6 is 7.82 Å². The van der Waals surface area contributed by atoms with Crippen molar-refractivity contribution in [2.75, 3.05) is 19.8 Å². The van der Waals surface area contributed by atoms with Gasteiger partial charge in [0, 0.05) is 19.3 Å².